The van der Waals surface area contributed by atoms with Gasteiger partial charge in [-0.15, -0.1) is 12.4 Å². The van der Waals surface area contributed by atoms with E-state index < -0.39 is 0 Å². The molecule has 1 saturated heterocycles. The van der Waals surface area contributed by atoms with Crippen LogP contribution in [0.3, 0.4) is 0 Å². The van der Waals surface area contributed by atoms with Crippen LogP contribution in [0.5, 0.6) is 11.5 Å². The van der Waals surface area contributed by atoms with Gasteiger partial charge in [-0.05, 0) is 43.2 Å². The fourth-order valence-electron chi connectivity index (χ4n) is 2.71. The van der Waals surface area contributed by atoms with Gasteiger partial charge in [0, 0.05) is 18.4 Å². The van der Waals surface area contributed by atoms with Crippen LogP contribution in [0.2, 0.25) is 5.02 Å². The number of methoxy groups -OCH3 is 1. The van der Waals surface area contributed by atoms with Crippen molar-refractivity contribution >= 4 is 41.3 Å². The smallest absolute Gasteiger partial charge is 0.259 e. The fraction of sp³-hybridized carbons (Fsp3) is 0.316. The van der Waals surface area contributed by atoms with E-state index in [0.717, 1.165) is 25.2 Å². The van der Waals surface area contributed by atoms with Crippen LogP contribution in [0.1, 0.15) is 23.2 Å². The Hall–Kier alpha value is -2.15. The summed E-state index contributed by atoms with van der Waals surface area (Å²) in [5.74, 6) is 0.754. The summed E-state index contributed by atoms with van der Waals surface area (Å²) in [6.07, 6.45) is 2.27. The number of carbonyl (C=O) groups is 1. The van der Waals surface area contributed by atoms with Gasteiger partial charge in [0.1, 0.15) is 18.1 Å². The van der Waals surface area contributed by atoms with Gasteiger partial charge in [-0.3, -0.25) is 4.79 Å². The zero-order valence-electron chi connectivity index (χ0n) is 14.9. The first kappa shape index (κ1) is 21.2. The number of anilines is 2. The number of nitrogen functional groups attached to an aromatic ring is 1. The molecule has 1 unspecified atom stereocenters. The van der Waals surface area contributed by atoms with Gasteiger partial charge in [0.05, 0.1) is 29.5 Å². The Morgan fingerprint density at radius 1 is 1.33 bits per heavy atom. The zero-order chi connectivity index (χ0) is 18.5. The van der Waals surface area contributed by atoms with Gasteiger partial charge in [-0.2, -0.15) is 0 Å². The molecule has 3 N–H and O–H groups in total. The third kappa shape index (κ3) is 5.42. The molecule has 1 aliphatic rings. The Morgan fingerprint density at radius 2 is 2.07 bits per heavy atom. The number of carbonyl (C=O) groups excluding carboxylic acids is 1. The van der Waals surface area contributed by atoms with Crippen LogP contribution < -0.4 is 20.5 Å². The van der Waals surface area contributed by atoms with Crippen LogP contribution in [-0.2, 0) is 4.74 Å². The number of nitrogens with one attached hydrogen (secondary N) is 1. The van der Waals surface area contributed by atoms with Gasteiger partial charge in [0.15, 0.2) is 0 Å². The molecule has 2 aromatic carbocycles. The monoisotopic (exact) mass is 412 g/mol. The predicted octanol–water partition coefficient (Wildman–Crippen LogP) is 4.16. The van der Waals surface area contributed by atoms with Crippen LogP contribution >= 0.6 is 24.0 Å². The van der Waals surface area contributed by atoms with E-state index in [1.165, 1.54) is 19.2 Å². The second kappa shape index (κ2) is 9.69. The maximum Gasteiger partial charge on any atom is 0.259 e. The quantitative estimate of drug-likeness (QED) is 0.695. The lowest BCUT2D eigenvalue weighted by Gasteiger charge is -2.13. The van der Waals surface area contributed by atoms with Gasteiger partial charge in [-0.1, -0.05) is 11.6 Å². The van der Waals surface area contributed by atoms with Crippen molar-refractivity contribution in [3.05, 3.63) is 47.0 Å². The first-order chi connectivity index (χ1) is 12.6. The average Bonchev–Trinajstić information content (AvgIpc) is 3.16. The van der Waals surface area contributed by atoms with E-state index in [1.54, 1.807) is 24.3 Å². The summed E-state index contributed by atoms with van der Waals surface area (Å²) >= 11 is 6.01. The number of benzene rings is 2. The topological polar surface area (TPSA) is 82.8 Å². The van der Waals surface area contributed by atoms with Crippen LogP contribution in [0.25, 0.3) is 0 Å². The maximum absolute atomic E-state index is 12.5. The second-order valence-corrected chi connectivity index (χ2v) is 6.41. The Kier molecular flexibility index (Phi) is 7.59. The molecule has 0 aromatic heterocycles. The van der Waals surface area contributed by atoms with Crippen molar-refractivity contribution in [2.45, 2.75) is 18.9 Å². The van der Waals surface area contributed by atoms with Crippen LogP contribution in [-0.4, -0.2) is 32.3 Å². The molecular formula is C19H22Cl2N2O4. The van der Waals surface area contributed by atoms with E-state index >= 15 is 0 Å². The molecule has 0 radical (unpaired) electrons. The van der Waals surface area contributed by atoms with Crippen molar-refractivity contribution in [2.75, 3.05) is 31.4 Å². The second-order valence-electron chi connectivity index (χ2n) is 6.00. The minimum absolute atomic E-state index is 0. The lowest BCUT2D eigenvalue weighted by Crippen LogP contribution is -2.16. The van der Waals surface area contributed by atoms with Gasteiger partial charge < -0.3 is 25.3 Å². The molecule has 27 heavy (non-hydrogen) atoms. The van der Waals surface area contributed by atoms with Crippen molar-refractivity contribution in [1.29, 1.82) is 0 Å². The highest BCUT2D eigenvalue weighted by Crippen LogP contribution is 2.29. The molecule has 1 fully saturated rings. The first-order valence-electron chi connectivity index (χ1n) is 8.35. The van der Waals surface area contributed by atoms with E-state index in [2.05, 4.69) is 5.32 Å². The molecule has 0 saturated carbocycles. The lowest BCUT2D eigenvalue weighted by atomic mass is 10.1. The van der Waals surface area contributed by atoms with E-state index in [9.17, 15) is 4.79 Å². The molecule has 2 aromatic rings. The first-order valence-corrected chi connectivity index (χ1v) is 8.73. The fourth-order valence-corrected chi connectivity index (χ4v) is 2.88. The predicted molar refractivity (Wildman–Crippen MR) is 109 cm³/mol. The largest absolute Gasteiger partial charge is 0.496 e. The number of amides is 1. The molecular weight excluding hydrogens is 391 g/mol. The van der Waals surface area contributed by atoms with Crippen molar-refractivity contribution in [1.82, 2.24) is 0 Å². The molecule has 0 spiro atoms. The van der Waals surface area contributed by atoms with Crippen molar-refractivity contribution < 1.29 is 19.0 Å². The van der Waals surface area contributed by atoms with Crippen LogP contribution in [0.15, 0.2) is 36.4 Å². The van der Waals surface area contributed by atoms with E-state index in [-0.39, 0.29) is 24.4 Å². The standard InChI is InChI=1S/C19H21ClN2O4.ClH/c1-24-18-10-17(21)16(20)9-15(18)19(23)22-12-4-6-13(7-5-12)26-11-14-3-2-8-25-14;/h4-7,9-10,14H,2-3,8,11,21H2,1H3,(H,22,23);1H. The number of hydrogen-bond donors (Lipinski definition) is 2. The molecule has 1 amide bonds. The van der Waals surface area contributed by atoms with Crippen molar-refractivity contribution in [3.63, 3.8) is 0 Å². The van der Waals surface area contributed by atoms with Crippen molar-refractivity contribution in [2.24, 2.45) is 0 Å². The third-order valence-corrected chi connectivity index (χ3v) is 4.46. The van der Waals surface area contributed by atoms with E-state index in [4.69, 9.17) is 31.5 Å². The Balaban J connectivity index is 0.00000261. The van der Waals surface area contributed by atoms with Gasteiger partial charge in [-0.25, -0.2) is 0 Å². The summed E-state index contributed by atoms with van der Waals surface area (Å²) in [6.45, 7) is 1.34. The highest BCUT2D eigenvalue weighted by atomic mass is 35.5. The van der Waals surface area contributed by atoms with Gasteiger partial charge in [0.25, 0.3) is 5.91 Å². The molecule has 1 heterocycles. The summed E-state index contributed by atoms with van der Waals surface area (Å²) in [6, 6.07) is 10.2. The summed E-state index contributed by atoms with van der Waals surface area (Å²) in [5.41, 5.74) is 7.04. The lowest BCUT2D eigenvalue weighted by molar-refractivity contribution is 0.0679. The van der Waals surface area contributed by atoms with Crippen molar-refractivity contribution in [3.8, 4) is 11.5 Å². The number of nitrogens with two attached hydrogens (primary N) is 1. The highest BCUT2D eigenvalue weighted by molar-refractivity contribution is 6.33. The summed E-state index contributed by atoms with van der Waals surface area (Å²) in [5, 5.41) is 3.11. The number of ether oxygens (including phenoxy) is 3. The normalized spacial score (nSPS) is 15.7. The van der Waals surface area contributed by atoms with Crippen LogP contribution in [0, 0.1) is 0 Å². The third-order valence-electron chi connectivity index (χ3n) is 4.14. The zero-order valence-corrected chi connectivity index (χ0v) is 16.4. The number of rotatable bonds is 6. The number of halogens is 2. The van der Waals surface area contributed by atoms with Crippen LogP contribution in [0.4, 0.5) is 11.4 Å². The molecule has 1 aliphatic heterocycles. The maximum atomic E-state index is 12.5. The number of hydrogen-bond acceptors (Lipinski definition) is 5. The Morgan fingerprint density at radius 3 is 2.70 bits per heavy atom. The minimum Gasteiger partial charge on any atom is -0.496 e. The molecule has 8 heteroatoms. The van der Waals surface area contributed by atoms with E-state index in [0.29, 0.717) is 34.3 Å². The highest BCUT2D eigenvalue weighted by Gasteiger charge is 2.17. The molecule has 146 valence electrons. The minimum atomic E-state index is -0.336. The molecule has 0 aliphatic carbocycles. The van der Waals surface area contributed by atoms with Gasteiger partial charge >= 0.3 is 0 Å². The summed E-state index contributed by atoms with van der Waals surface area (Å²) in [4.78, 5) is 12.5. The Labute approximate surface area is 169 Å². The summed E-state index contributed by atoms with van der Waals surface area (Å²) < 4.78 is 16.4. The van der Waals surface area contributed by atoms with Gasteiger partial charge in [0.2, 0.25) is 0 Å². The SMILES string of the molecule is COc1cc(N)c(Cl)cc1C(=O)Nc1ccc(OCC2CCCO2)cc1.Cl. The molecule has 0 bridgehead atoms. The molecule has 3 rings (SSSR count). The summed E-state index contributed by atoms with van der Waals surface area (Å²) in [7, 11) is 1.47. The van der Waals surface area contributed by atoms with E-state index in [1.807, 2.05) is 0 Å². The molecule has 1 atom stereocenters. The Bertz CT molecular complexity index is 778. The molecule has 6 nitrogen and oxygen atoms in total. The average molecular weight is 413 g/mol.